The monoisotopic (exact) mass is 466 g/mol. The van der Waals surface area contributed by atoms with E-state index in [0.29, 0.717) is 13.0 Å². The number of benzene rings is 1. The van der Waals surface area contributed by atoms with E-state index in [-0.39, 0.29) is 40.0 Å². The first-order valence-electron chi connectivity index (χ1n) is 9.49. The van der Waals surface area contributed by atoms with Crippen molar-refractivity contribution in [3.63, 3.8) is 0 Å². The lowest BCUT2D eigenvalue weighted by Gasteiger charge is -2.29. The fraction of sp³-hybridized carbons (Fsp3) is 0.611. The summed E-state index contributed by atoms with van der Waals surface area (Å²) in [5.74, 6) is -1.58. The van der Waals surface area contributed by atoms with Gasteiger partial charge in [0.1, 0.15) is 4.90 Å². The van der Waals surface area contributed by atoms with Gasteiger partial charge in [-0.3, -0.25) is 0 Å². The smallest absolute Gasteiger partial charge is 0.335 e. The number of carbonyl (C=O) groups is 1. The Morgan fingerprint density at radius 3 is 2.41 bits per heavy atom. The number of hydrogen-bond donors (Lipinski definition) is 1. The number of rotatable bonds is 10. The number of carboxylic acid groups (broad SMARTS) is 1. The van der Waals surface area contributed by atoms with Crippen molar-refractivity contribution in [3.8, 4) is 0 Å². The molecule has 29 heavy (non-hydrogen) atoms. The summed E-state index contributed by atoms with van der Waals surface area (Å²) in [6, 6.07) is 2.80. The summed E-state index contributed by atoms with van der Waals surface area (Å²) in [6.07, 6.45) is 0.733. The van der Waals surface area contributed by atoms with Gasteiger partial charge in [-0.25, -0.2) is 21.6 Å². The van der Waals surface area contributed by atoms with Gasteiger partial charge in [0, 0.05) is 12.6 Å². The lowest BCUT2D eigenvalue weighted by atomic mass is 10.2. The predicted molar refractivity (Wildman–Crippen MR) is 112 cm³/mol. The molecule has 0 spiro atoms. The minimum absolute atomic E-state index is 0.0668. The van der Waals surface area contributed by atoms with E-state index in [1.54, 1.807) is 0 Å². The molecule has 164 valence electrons. The minimum Gasteiger partial charge on any atom is -0.478 e. The summed E-state index contributed by atoms with van der Waals surface area (Å²) in [5.41, 5.74) is -0.199. The van der Waals surface area contributed by atoms with E-state index in [4.69, 9.17) is 11.6 Å². The van der Waals surface area contributed by atoms with Crippen molar-refractivity contribution in [2.75, 3.05) is 37.7 Å². The van der Waals surface area contributed by atoms with Crippen LogP contribution >= 0.6 is 11.6 Å². The van der Waals surface area contributed by atoms with Crippen LogP contribution in [0.3, 0.4) is 0 Å². The first-order chi connectivity index (χ1) is 13.5. The third-order valence-electron chi connectivity index (χ3n) is 5.13. The number of nitrogens with zero attached hydrogens (tertiary/aromatic N) is 2. The number of hydrogen-bond acceptors (Lipinski definition) is 6. The molecule has 0 saturated carbocycles. The summed E-state index contributed by atoms with van der Waals surface area (Å²) >= 11 is 6.10. The van der Waals surface area contributed by atoms with E-state index < -0.39 is 31.9 Å². The molecule has 1 aliphatic heterocycles. The van der Waals surface area contributed by atoms with Crippen molar-refractivity contribution in [1.29, 1.82) is 0 Å². The molecule has 1 atom stereocenters. The fourth-order valence-corrected chi connectivity index (χ4v) is 7.47. The van der Waals surface area contributed by atoms with Gasteiger partial charge in [-0.15, -0.1) is 0 Å². The highest BCUT2D eigenvalue weighted by molar-refractivity contribution is 7.92. The topological polar surface area (TPSA) is 112 Å². The average Bonchev–Trinajstić information content (AvgIpc) is 3.01. The van der Waals surface area contributed by atoms with Crippen LogP contribution in [0.2, 0.25) is 5.02 Å². The van der Waals surface area contributed by atoms with Crippen molar-refractivity contribution in [2.45, 2.75) is 37.6 Å². The van der Waals surface area contributed by atoms with Gasteiger partial charge in [-0.2, -0.15) is 4.31 Å². The van der Waals surface area contributed by atoms with Gasteiger partial charge in [0.2, 0.25) is 10.0 Å². The summed E-state index contributed by atoms with van der Waals surface area (Å²) in [5, 5.41) is 9.11. The van der Waals surface area contributed by atoms with Crippen molar-refractivity contribution in [3.05, 3.63) is 28.8 Å². The largest absolute Gasteiger partial charge is 0.478 e. The first-order valence-corrected chi connectivity index (χ1v) is 13.1. The van der Waals surface area contributed by atoms with E-state index in [0.717, 1.165) is 19.2 Å². The van der Waals surface area contributed by atoms with Crippen LogP contribution in [0.15, 0.2) is 23.1 Å². The second-order valence-corrected chi connectivity index (χ2v) is 11.5. The average molecular weight is 467 g/mol. The lowest BCUT2D eigenvalue weighted by Crippen LogP contribution is -2.42. The zero-order valence-electron chi connectivity index (χ0n) is 16.5. The van der Waals surface area contributed by atoms with Crippen molar-refractivity contribution in [2.24, 2.45) is 0 Å². The molecule has 1 saturated heterocycles. The molecule has 11 heteroatoms. The third kappa shape index (κ3) is 5.91. The van der Waals surface area contributed by atoms with Crippen LogP contribution in [-0.2, 0) is 19.9 Å². The van der Waals surface area contributed by atoms with Crippen molar-refractivity contribution in [1.82, 2.24) is 9.21 Å². The molecule has 0 radical (unpaired) electrons. The third-order valence-corrected chi connectivity index (χ3v) is 9.31. The molecule has 1 heterocycles. The van der Waals surface area contributed by atoms with Gasteiger partial charge in [0.25, 0.3) is 0 Å². The van der Waals surface area contributed by atoms with Crippen LogP contribution in [0, 0.1) is 0 Å². The van der Waals surface area contributed by atoms with E-state index in [2.05, 4.69) is 4.90 Å². The number of aromatic carboxylic acids is 1. The Kier molecular flexibility index (Phi) is 8.08. The summed E-state index contributed by atoms with van der Waals surface area (Å²) in [7, 11) is -7.49. The molecule has 2 rings (SSSR count). The maximum atomic E-state index is 13.4. The Labute approximate surface area is 177 Å². The predicted octanol–water partition coefficient (Wildman–Crippen LogP) is 1.95. The second kappa shape index (κ2) is 9.74. The van der Waals surface area contributed by atoms with Crippen molar-refractivity contribution < 1.29 is 26.7 Å². The summed E-state index contributed by atoms with van der Waals surface area (Å²) in [6.45, 7) is 6.48. The van der Waals surface area contributed by atoms with Gasteiger partial charge in [0.15, 0.2) is 9.84 Å². The molecule has 0 bridgehead atoms. The van der Waals surface area contributed by atoms with Gasteiger partial charge < -0.3 is 10.0 Å². The first kappa shape index (κ1) is 24.1. The molecule has 0 amide bonds. The van der Waals surface area contributed by atoms with Crippen LogP contribution in [0.4, 0.5) is 0 Å². The SMILES string of the molecule is CCN(CC)CCCN([C@@H]1CCS(=O)(=O)C1)S(=O)(=O)c1cc(C(=O)O)ccc1Cl. The quantitative estimate of drug-likeness (QED) is 0.560. The molecule has 1 aromatic carbocycles. The van der Waals surface area contributed by atoms with Gasteiger partial charge in [-0.05, 0) is 50.7 Å². The van der Waals surface area contributed by atoms with E-state index in [1.807, 2.05) is 13.8 Å². The Morgan fingerprint density at radius 2 is 1.90 bits per heavy atom. The zero-order chi connectivity index (χ0) is 21.8. The lowest BCUT2D eigenvalue weighted by molar-refractivity contribution is 0.0696. The highest BCUT2D eigenvalue weighted by Gasteiger charge is 2.39. The molecular formula is C18H27ClN2O6S2. The molecule has 1 fully saturated rings. The Hall–Kier alpha value is -1.20. The maximum absolute atomic E-state index is 13.4. The van der Waals surface area contributed by atoms with E-state index in [1.165, 1.54) is 16.4 Å². The van der Waals surface area contributed by atoms with Crippen LogP contribution in [-0.4, -0.2) is 80.8 Å². The maximum Gasteiger partial charge on any atom is 0.335 e. The van der Waals surface area contributed by atoms with Gasteiger partial charge >= 0.3 is 5.97 Å². The Morgan fingerprint density at radius 1 is 1.24 bits per heavy atom. The Balaban J connectivity index is 2.38. The number of carboxylic acids is 1. The molecule has 0 unspecified atom stereocenters. The summed E-state index contributed by atoms with van der Waals surface area (Å²) in [4.78, 5) is 13.1. The standard InChI is InChI=1S/C18H27ClN2O6S2/c1-3-20(4-2)9-5-10-21(15-8-11-28(24,25)13-15)29(26,27)17-12-14(18(22)23)6-7-16(17)19/h6-7,12,15H,3-5,8-11,13H2,1-2H3,(H,22,23)/t15-/m1/s1. The molecule has 1 aliphatic rings. The molecule has 1 N–H and O–H groups in total. The highest BCUT2D eigenvalue weighted by atomic mass is 35.5. The van der Waals surface area contributed by atoms with Crippen LogP contribution < -0.4 is 0 Å². The van der Waals surface area contributed by atoms with Crippen LogP contribution in [0.25, 0.3) is 0 Å². The normalized spacial score (nSPS) is 19.1. The van der Waals surface area contributed by atoms with Gasteiger partial charge in [-0.1, -0.05) is 25.4 Å². The highest BCUT2D eigenvalue weighted by Crippen LogP contribution is 2.30. The molecule has 0 aromatic heterocycles. The molecule has 8 nitrogen and oxygen atoms in total. The molecule has 0 aliphatic carbocycles. The van der Waals surface area contributed by atoms with Gasteiger partial charge in [0.05, 0.1) is 22.1 Å². The van der Waals surface area contributed by atoms with Crippen molar-refractivity contribution >= 4 is 37.4 Å². The molecule has 1 aromatic rings. The van der Waals surface area contributed by atoms with E-state index >= 15 is 0 Å². The second-order valence-electron chi connectivity index (χ2n) is 7.00. The Bertz CT molecular complexity index is 945. The zero-order valence-corrected chi connectivity index (χ0v) is 18.9. The number of sulfonamides is 1. The fourth-order valence-electron chi connectivity index (χ4n) is 3.45. The summed E-state index contributed by atoms with van der Waals surface area (Å²) < 4.78 is 51.9. The minimum atomic E-state index is -4.18. The number of sulfone groups is 1. The molecular weight excluding hydrogens is 440 g/mol. The van der Waals surface area contributed by atoms with E-state index in [9.17, 15) is 26.7 Å². The number of halogens is 1. The van der Waals surface area contributed by atoms with Crippen LogP contribution in [0.1, 0.15) is 37.0 Å². The van der Waals surface area contributed by atoms with Crippen LogP contribution in [0.5, 0.6) is 0 Å².